The van der Waals surface area contributed by atoms with Gasteiger partial charge in [-0.15, -0.1) is 0 Å². The minimum atomic E-state index is -0.437. The lowest BCUT2D eigenvalue weighted by atomic mass is 10.3. The molecule has 0 bridgehead atoms. The van der Waals surface area contributed by atoms with Crippen molar-refractivity contribution in [3.8, 4) is 0 Å². The number of nitrogens with one attached hydrogen (secondary N) is 1. The van der Waals surface area contributed by atoms with Crippen LogP contribution in [0.15, 0.2) is 29.2 Å². The smallest absolute Gasteiger partial charge is 0.333 e. The van der Waals surface area contributed by atoms with Crippen molar-refractivity contribution in [1.29, 1.82) is 0 Å². The molecule has 6 heteroatoms. The van der Waals surface area contributed by atoms with E-state index in [1.54, 1.807) is 24.6 Å². The first kappa shape index (κ1) is 13.4. The number of hydrogen-bond donors (Lipinski definition) is 1. The number of nitrogens with zero attached hydrogens (tertiary/aromatic N) is 1. The summed E-state index contributed by atoms with van der Waals surface area (Å²) in [4.78, 5) is 24.7. The fourth-order valence-electron chi connectivity index (χ4n) is 1.19. The van der Waals surface area contributed by atoms with E-state index in [1.807, 2.05) is 0 Å². The van der Waals surface area contributed by atoms with Gasteiger partial charge < -0.3 is 9.30 Å². The molecule has 0 fully saturated rings. The van der Waals surface area contributed by atoms with E-state index in [0.29, 0.717) is 16.9 Å². The lowest BCUT2D eigenvalue weighted by Crippen LogP contribution is -2.22. The number of H-pyrrole nitrogens is 1. The molecule has 1 aromatic heterocycles. The second-order valence-electron chi connectivity index (χ2n) is 3.76. The number of aromatic nitrogens is 2. The summed E-state index contributed by atoms with van der Waals surface area (Å²) in [5, 5.41) is 0. The van der Waals surface area contributed by atoms with Crippen molar-refractivity contribution in [2.24, 2.45) is 0 Å². The van der Waals surface area contributed by atoms with Crippen molar-refractivity contribution in [3.63, 3.8) is 0 Å². The van der Waals surface area contributed by atoms with Crippen LogP contribution in [0.3, 0.4) is 0 Å². The summed E-state index contributed by atoms with van der Waals surface area (Å²) >= 11 is 4.97. The Kier molecular flexibility index (Phi) is 4.39. The molecular formula is C11H14N2O3S. The highest BCUT2D eigenvalue weighted by Gasteiger charge is 2.10. The predicted molar refractivity (Wildman–Crippen MR) is 66.3 cm³/mol. The van der Waals surface area contributed by atoms with Gasteiger partial charge in [0.2, 0.25) is 0 Å². The Bertz CT molecular complexity index is 544. The molecule has 1 rings (SSSR count). The Morgan fingerprint density at radius 3 is 2.88 bits per heavy atom. The third-order valence-electron chi connectivity index (χ3n) is 2.01. The van der Waals surface area contributed by atoms with Crippen LogP contribution in [0.5, 0.6) is 0 Å². The van der Waals surface area contributed by atoms with Gasteiger partial charge in [0.05, 0.1) is 6.54 Å². The molecule has 17 heavy (non-hydrogen) atoms. The zero-order valence-corrected chi connectivity index (χ0v) is 10.5. The highest BCUT2D eigenvalue weighted by Crippen LogP contribution is 2.01. The Hall–Kier alpha value is -1.69. The fraction of sp³-hybridized carbons (Fsp3) is 0.364. The lowest BCUT2D eigenvalue weighted by Gasteiger charge is -2.14. The minimum Gasteiger partial charge on any atom is -0.457 e. The van der Waals surface area contributed by atoms with E-state index < -0.39 is 5.97 Å². The van der Waals surface area contributed by atoms with Gasteiger partial charge in [0, 0.05) is 17.8 Å². The molecule has 0 aliphatic rings. The molecule has 1 aromatic rings. The third-order valence-corrected chi connectivity index (χ3v) is 2.34. The topological polar surface area (TPSA) is 64.1 Å². The summed E-state index contributed by atoms with van der Waals surface area (Å²) in [6.07, 6.45) is 1.21. The average Bonchev–Trinajstić information content (AvgIpc) is 2.22. The molecule has 1 atom stereocenters. The van der Waals surface area contributed by atoms with E-state index in [2.05, 4.69) is 11.6 Å². The highest BCUT2D eigenvalue weighted by atomic mass is 32.1. The summed E-state index contributed by atoms with van der Waals surface area (Å²) in [6, 6.07) is 1.36. The van der Waals surface area contributed by atoms with Crippen LogP contribution in [0.1, 0.15) is 13.8 Å². The fourth-order valence-corrected chi connectivity index (χ4v) is 1.42. The van der Waals surface area contributed by atoms with Crippen molar-refractivity contribution in [1.82, 2.24) is 9.55 Å². The standard InChI is InChI=1S/C11H14N2O3S/c1-7(2)10(15)16-8(3)6-13-5-4-9(14)12-11(13)17/h4-5,8H,1,6H2,2-3H3,(H,12,14,17). The Morgan fingerprint density at radius 2 is 2.35 bits per heavy atom. The molecule has 0 saturated carbocycles. The maximum Gasteiger partial charge on any atom is 0.333 e. The normalized spacial score (nSPS) is 11.9. The van der Waals surface area contributed by atoms with E-state index in [4.69, 9.17) is 17.0 Å². The van der Waals surface area contributed by atoms with Gasteiger partial charge in [0.1, 0.15) is 6.10 Å². The van der Waals surface area contributed by atoms with Gasteiger partial charge >= 0.3 is 5.97 Å². The van der Waals surface area contributed by atoms with Crippen LogP contribution < -0.4 is 5.56 Å². The van der Waals surface area contributed by atoms with Crippen molar-refractivity contribution in [3.05, 3.63) is 39.5 Å². The van der Waals surface area contributed by atoms with E-state index in [1.165, 1.54) is 6.07 Å². The number of rotatable bonds is 4. The SMILES string of the molecule is C=C(C)C(=O)OC(C)Cn1ccc(=O)[nH]c1=S. The van der Waals surface area contributed by atoms with Crippen molar-refractivity contribution >= 4 is 18.2 Å². The van der Waals surface area contributed by atoms with Gasteiger partial charge in [0.15, 0.2) is 4.77 Å². The second-order valence-corrected chi connectivity index (χ2v) is 4.15. The number of carbonyl (C=O) groups excluding carboxylic acids is 1. The van der Waals surface area contributed by atoms with Gasteiger partial charge in [-0.05, 0) is 26.1 Å². The van der Waals surface area contributed by atoms with Gasteiger partial charge in [0.25, 0.3) is 5.56 Å². The quantitative estimate of drug-likeness (QED) is 0.501. The summed E-state index contributed by atoms with van der Waals surface area (Å²) in [7, 11) is 0. The molecule has 1 unspecified atom stereocenters. The molecular weight excluding hydrogens is 240 g/mol. The predicted octanol–water partition coefficient (Wildman–Crippen LogP) is 1.41. The largest absolute Gasteiger partial charge is 0.457 e. The Labute approximate surface area is 104 Å². The van der Waals surface area contributed by atoms with E-state index >= 15 is 0 Å². The Balaban J connectivity index is 2.72. The maximum absolute atomic E-state index is 11.3. The first-order chi connectivity index (χ1) is 7.90. The summed E-state index contributed by atoms with van der Waals surface area (Å²) in [6.45, 7) is 7.21. The van der Waals surface area contributed by atoms with Crippen LogP contribution >= 0.6 is 12.2 Å². The van der Waals surface area contributed by atoms with Crippen LogP contribution in [-0.2, 0) is 16.1 Å². The third kappa shape index (κ3) is 3.99. The van der Waals surface area contributed by atoms with Gasteiger partial charge in [-0.25, -0.2) is 4.79 Å². The van der Waals surface area contributed by atoms with Crippen LogP contribution in [0, 0.1) is 4.77 Å². The van der Waals surface area contributed by atoms with Crippen LogP contribution in [-0.4, -0.2) is 21.6 Å². The van der Waals surface area contributed by atoms with Gasteiger partial charge in [-0.2, -0.15) is 0 Å². The summed E-state index contributed by atoms with van der Waals surface area (Å²) in [5.41, 5.74) is 0.0970. The molecule has 0 radical (unpaired) electrons. The van der Waals surface area contributed by atoms with Crippen LogP contribution in [0.4, 0.5) is 0 Å². The van der Waals surface area contributed by atoms with Crippen molar-refractivity contribution in [2.75, 3.05) is 0 Å². The maximum atomic E-state index is 11.3. The van der Waals surface area contributed by atoms with Crippen LogP contribution in [0.2, 0.25) is 0 Å². The molecule has 92 valence electrons. The monoisotopic (exact) mass is 254 g/mol. The number of esters is 1. The van der Waals surface area contributed by atoms with Gasteiger partial charge in [-0.1, -0.05) is 6.58 Å². The molecule has 0 aliphatic heterocycles. The Morgan fingerprint density at radius 1 is 1.71 bits per heavy atom. The number of hydrogen-bond acceptors (Lipinski definition) is 4. The number of ether oxygens (including phenoxy) is 1. The molecule has 5 nitrogen and oxygen atoms in total. The van der Waals surface area contributed by atoms with E-state index in [9.17, 15) is 9.59 Å². The second kappa shape index (κ2) is 5.58. The summed E-state index contributed by atoms with van der Waals surface area (Å²) < 4.78 is 7.04. The average molecular weight is 254 g/mol. The molecule has 1 N–H and O–H groups in total. The first-order valence-corrected chi connectivity index (χ1v) is 5.47. The highest BCUT2D eigenvalue weighted by molar-refractivity contribution is 7.71. The minimum absolute atomic E-state index is 0.252. The number of carbonyl (C=O) groups is 1. The molecule has 1 heterocycles. The molecule has 0 saturated heterocycles. The zero-order valence-electron chi connectivity index (χ0n) is 9.73. The lowest BCUT2D eigenvalue weighted by molar-refractivity contribution is -0.143. The van der Waals surface area contributed by atoms with Crippen molar-refractivity contribution in [2.45, 2.75) is 26.5 Å². The van der Waals surface area contributed by atoms with Crippen molar-refractivity contribution < 1.29 is 9.53 Å². The summed E-state index contributed by atoms with van der Waals surface area (Å²) in [5.74, 6) is -0.437. The molecule has 0 aliphatic carbocycles. The van der Waals surface area contributed by atoms with E-state index in [0.717, 1.165) is 0 Å². The molecule has 0 amide bonds. The van der Waals surface area contributed by atoms with Crippen LogP contribution in [0.25, 0.3) is 0 Å². The zero-order chi connectivity index (χ0) is 13.0. The number of aromatic amines is 1. The first-order valence-electron chi connectivity index (χ1n) is 5.06. The molecule has 0 spiro atoms. The van der Waals surface area contributed by atoms with E-state index in [-0.39, 0.29) is 11.7 Å². The van der Waals surface area contributed by atoms with Gasteiger partial charge in [-0.3, -0.25) is 9.78 Å². The molecule has 0 aromatic carbocycles.